The Hall–Kier alpha value is -0.220. The third kappa shape index (κ3) is 4.74. The van der Waals surface area contributed by atoms with Crippen LogP contribution >= 0.6 is 10.0 Å². The van der Waals surface area contributed by atoms with Gasteiger partial charge in [-0.05, 0) is 31.6 Å². The number of esters is 1. The van der Waals surface area contributed by atoms with Gasteiger partial charge in [0.25, 0.3) is 0 Å². The minimum Gasteiger partial charge on any atom is -0.465 e. The molecule has 1 saturated carbocycles. The van der Waals surface area contributed by atoms with Crippen LogP contribution in [-0.4, -0.2) is 43.1 Å². The van der Waals surface area contributed by atoms with Crippen LogP contribution < -0.4 is 5.73 Å². The lowest BCUT2D eigenvalue weighted by Gasteiger charge is -2.28. The van der Waals surface area contributed by atoms with Crippen molar-refractivity contribution in [3.8, 4) is 0 Å². The molecule has 1 aliphatic carbocycles. The highest BCUT2D eigenvalue weighted by Gasteiger charge is 2.29. The topological polar surface area (TPSA) is 52.3 Å². The summed E-state index contributed by atoms with van der Waals surface area (Å²) in [6.07, 6.45) is 10.8. The maximum atomic E-state index is 11.8. The zero-order chi connectivity index (χ0) is 12.2. The fourth-order valence-electron chi connectivity index (χ4n) is 1.95. The highest BCUT2D eigenvalue weighted by atomic mass is 32.3. The van der Waals surface area contributed by atoms with E-state index in [0.717, 1.165) is 31.4 Å². The molecule has 96 valence electrons. The normalized spacial score (nSPS) is 27.5. The predicted octanol–water partition coefficient (Wildman–Crippen LogP) is 1.74. The second-order valence-electron chi connectivity index (χ2n) is 5.52. The molecule has 3 nitrogen and oxygen atoms in total. The van der Waals surface area contributed by atoms with Gasteiger partial charge >= 0.3 is 5.97 Å². The van der Waals surface area contributed by atoms with Crippen molar-refractivity contribution in [2.75, 3.05) is 31.1 Å². The SMILES string of the molecule is CS(C)(C)CCOC(=O)[C@H]1CCCC[C@H]1N. The average Bonchev–Trinajstić information content (AvgIpc) is 2.16. The van der Waals surface area contributed by atoms with Gasteiger partial charge in [0.2, 0.25) is 0 Å². The van der Waals surface area contributed by atoms with Crippen molar-refractivity contribution in [2.24, 2.45) is 11.7 Å². The highest BCUT2D eigenvalue weighted by Crippen LogP contribution is 2.33. The zero-order valence-corrected chi connectivity index (χ0v) is 11.5. The van der Waals surface area contributed by atoms with Gasteiger partial charge in [0.05, 0.1) is 12.5 Å². The number of hydrogen-bond acceptors (Lipinski definition) is 3. The molecule has 0 aromatic carbocycles. The van der Waals surface area contributed by atoms with Crippen molar-refractivity contribution in [2.45, 2.75) is 31.7 Å². The standard InChI is InChI=1S/C12H25NO2S/c1-16(2,3)9-8-15-12(14)10-6-4-5-7-11(10)13/h10-11H,4-9,13H2,1-3H3/t10-,11+/m0/s1. The summed E-state index contributed by atoms with van der Waals surface area (Å²) in [5, 5.41) is 0. The van der Waals surface area contributed by atoms with Crippen LogP contribution in [0.25, 0.3) is 0 Å². The molecule has 4 heteroatoms. The number of nitrogens with two attached hydrogens (primary N) is 1. The van der Waals surface area contributed by atoms with E-state index in [2.05, 4.69) is 18.8 Å². The first-order valence-corrected chi connectivity index (χ1v) is 9.01. The molecule has 1 aliphatic rings. The smallest absolute Gasteiger partial charge is 0.310 e. The second kappa shape index (κ2) is 5.92. The Labute approximate surface area is 100 Å². The van der Waals surface area contributed by atoms with E-state index in [1.165, 1.54) is 0 Å². The van der Waals surface area contributed by atoms with Crippen LogP contribution in [0.3, 0.4) is 0 Å². The summed E-state index contributed by atoms with van der Waals surface area (Å²) in [5.74, 6) is 0.861. The Kier molecular flexibility index (Phi) is 5.12. The summed E-state index contributed by atoms with van der Waals surface area (Å²) in [6, 6.07) is 0.0169. The molecule has 1 rings (SSSR count). The molecule has 16 heavy (non-hydrogen) atoms. The van der Waals surface area contributed by atoms with Crippen molar-refractivity contribution in [1.29, 1.82) is 0 Å². The average molecular weight is 247 g/mol. The van der Waals surface area contributed by atoms with E-state index in [-0.39, 0.29) is 17.9 Å². The Bertz CT molecular complexity index is 238. The van der Waals surface area contributed by atoms with Gasteiger partial charge < -0.3 is 10.5 Å². The molecule has 0 saturated heterocycles. The molecule has 2 atom stereocenters. The van der Waals surface area contributed by atoms with Crippen molar-refractivity contribution in [1.82, 2.24) is 0 Å². The van der Waals surface area contributed by atoms with Crippen LogP contribution in [0.4, 0.5) is 0 Å². The van der Waals surface area contributed by atoms with Gasteiger partial charge in [-0.3, -0.25) is 4.79 Å². The van der Waals surface area contributed by atoms with Crippen LogP contribution in [0.5, 0.6) is 0 Å². The largest absolute Gasteiger partial charge is 0.465 e. The summed E-state index contributed by atoms with van der Waals surface area (Å²) in [5.41, 5.74) is 5.94. The first-order valence-electron chi connectivity index (χ1n) is 5.98. The molecule has 2 N–H and O–H groups in total. The molecule has 0 amide bonds. The van der Waals surface area contributed by atoms with E-state index in [9.17, 15) is 4.79 Å². The lowest BCUT2D eigenvalue weighted by Crippen LogP contribution is -2.39. The Balaban J connectivity index is 2.29. The van der Waals surface area contributed by atoms with Crippen molar-refractivity contribution in [3.63, 3.8) is 0 Å². The highest BCUT2D eigenvalue weighted by molar-refractivity contribution is 8.32. The van der Waals surface area contributed by atoms with Crippen LogP contribution in [0.2, 0.25) is 0 Å². The van der Waals surface area contributed by atoms with Gasteiger partial charge in [-0.15, -0.1) is 0 Å². The molecule has 0 spiro atoms. The zero-order valence-electron chi connectivity index (χ0n) is 10.7. The van der Waals surface area contributed by atoms with Crippen molar-refractivity contribution in [3.05, 3.63) is 0 Å². The molecule has 0 radical (unpaired) electrons. The van der Waals surface area contributed by atoms with E-state index in [4.69, 9.17) is 10.5 Å². The van der Waals surface area contributed by atoms with E-state index >= 15 is 0 Å². The quantitative estimate of drug-likeness (QED) is 0.770. The molecule has 0 bridgehead atoms. The van der Waals surface area contributed by atoms with Gasteiger partial charge in [0, 0.05) is 11.8 Å². The third-order valence-corrected chi connectivity index (χ3v) is 4.45. The maximum Gasteiger partial charge on any atom is 0.310 e. The molecule has 0 aromatic heterocycles. The predicted molar refractivity (Wildman–Crippen MR) is 71.1 cm³/mol. The summed E-state index contributed by atoms with van der Waals surface area (Å²) in [7, 11) is -0.573. The monoisotopic (exact) mass is 247 g/mol. The maximum absolute atomic E-state index is 11.8. The molecular formula is C12H25NO2S. The number of rotatable bonds is 4. The summed E-state index contributed by atoms with van der Waals surface area (Å²) >= 11 is 0. The van der Waals surface area contributed by atoms with Gasteiger partial charge in [-0.25, -0.2) is 10.0 Å². The van der Waals surface area contributed by atoms with Crippen LogP contribution in [0, 0.1) is 5.92 Å². The van der Waals surface area contributed by atoms with Gasteiger partial charge in [-0.1, -0.05) is 12.8 Å². The molecule has 1 fully saturated rings. The van der Waals surface area contributed by atoms with Crippen LogP contribution in [-0.2, 0) is 9.53 Å². The van der Waals surface area contributed by atoms with E-state index in [1.807, 2.05) is 0 Å². The van der Waals surface area contributed by atoms with E-state index in [0.29, 0.717) is 6.61 Å². The Morgan fingerprint density at radius 3 is 2.50 bits per heavy atom. The third-order valence-electron chi connectivity index (χ3n) is 3.06. The minimum absolute atomic E-state index is 0.0169. The van der Waals surface area contributed by atoms with Crippen LogP contribution in [0.15, 0.2) is 0 Å². The van der Waals surface area contributed by atoms with Gasteiger partial charge in [-0.2, -0.15) is 0 Å². The number of carbonyl (C=O) groups is 1. The van der Waals surface area contributed by atoms with E-state index < -0.39 is 10.0 Å². The molecule has 0 aliphatic heterocycles. The lowest BCUT2D eigenvalue weighted by atomic mass is 9.85. The van der Waals surface area contributed by atoms with Gasteiger partial charge in [0.1, 0.15) is 0 Å². The number of carbonyl (C=O) groups excluding carboxylic acids is 1. The molecule has 0 unspecified atom stereocenters. The summed E-state index contributed by atoms with van der Waals surface area (Å²) < 4.78 is 5.33. The Morgan fingerprint density at radius 1 is 1.31 bits per heavy atom. The van der Waals surface area contributed by atoms with Gasteiger partial charge in [0.15, 0.2) is 0 Å². The summed E-state index contributed by atoms with van der Waals surface area (Å²) in [6.45, 7) is 0.556. The number of hydrogen-bond donors (Lipinski definition) is 1. The molecule has 0 heterocycles. The van der Waals surface area contributed by atoms with Crippen molar-refractivity contribution < 1.29 is 9.53 Å². The molecular weight excluding hydrogens is 222 g/mol. The first kappa shape index (κ1) is 13.8. The lowest BCUT2D eigenvalue weighted by molar-refractivity contribution is -0.149. The molecule has 0 aromatic rings. The fraction of sp³-hybridized carbons (Fsp3) is 0.917. The summed E-state index contributed by atoms with van der Waals surface area (Å²) in [4.78, 5) is 11.8. The van der Waals surface area contributed by atoms with Crippen molar-refractivity contribution >= 4 is 16.0 Å². The second-order valence-corrected chi connectivity index (χ2v) is 10.1. The van der Waals surface area contributed by atoms with E-state index in [1.54, 1.807) is 0 Å². The number of ether oxygens (including phenoxy) is 1. The Morgan fingerprint density at radius 2 is 1.94 bits per heavy atom. The van der Waals surface area contributed by atoms with Crippen LogP contribution in [0.1, 0.15) is 25.7 Å². The first-order chi connectivity index (χ1) is 7.40. The fourth-order valence-corrected chi connectivity index (χ4v) is 2.53. The minimum atomic E-state index is -0.573.